The summed E-state index contributed by atoms with van der Waals surface area (Å²) in [5.74, 6) is 0.974. The molecule has 1 N–H and O–H groups in total. The third-order valence-corrected chi connectivity index (χ3v) is 2.45. The van der Waals surface area contributed by atoms with E-state index in [1.165, 1.54) is 11.1 Å². The van der Waals surface area contributed by atoms with E-state index in [9.17, 15) is 0 Å². The van der Waals surface area contributed by atoms with Crippen LogP contribution in [0.3, 0.4) is 0 Å². The van der Waals surface area contributed by atoms with Gasteiger partial charge in [-0.3, -0.25) is 0 Å². The molecule has 1 rings (SSSR count). The van der Waals surface area contributed by atoms with E-state index in [-0.39, 0.29) is 5.41 Å². The van der Waals surface area contributed by atoms with Gasteiger partial charge in [0.2, 0.25) is 0 Å². The Morgan fingerprint density at radius 2 is 1.93 bits per heavy atom. The van der Waals surface area contributed by atoms with Gasteiger partial charge in [0.1, 0.15) is 5.75 Å². The van der Waals surface area contributed by atoms with E-state index in [0.29, 0.717) is 0 Å². The summed E-state index contributed by atoms with van der Waals surface area (Å²) in [7, 11) is 3.68. The largest absolute Gasteiger partial charge is 0.496 e. The predicted octanol–water partition coefficient (Wildman–Crippen LogP) is 2.71. The van der Waals surface area contributed by atoms with Crippen molar-refractivity contribution in [1.29, 1.82) is 0 Å². The highest BCUT2D eigenvalue weighted by molar-refractivity contribution is 5.41. The maximum atomic E-state index is 5.38. The lowest BCUT2D eigenvalue weighted by atomic mass is 9.85. The first-order valence-electron chi connectivity index (χ1n) is 5.31. The SMILES string of the molecule is CNCc1ccc(OC)c(C(C)(C)C)c1. The van der Waals surface area contributed by atoms with Crippen molar-refractivity contribution in [2.45, 2.75) is 32.7 Å². The Kier molecular flexibility index (Phi) is 3.75. The molecule has 0 atom stereocenters. The zero-order valence-corrected chi connectivity index (χ0v) is 10.3. The average Bonchev–Trinajstić information content (AvgIpc) is 2.17. The zero-order chi connectivity index (χ0) is 11.5. The maximum absolute atomic E-state index is 5.38. The third-order valence-electron chi connectivity index (χ3n) is 2.45. The van der Waals surface area contributed by atoms with Crippen LogP contribution < -0.4 is 10.1 Å². The molecule has 0 heterocycles. The van der Waals surface area contributed by atoms with Crippen LogP contribution in [0.15, 0.2) is 18.2 Å². The summed E-state index contributed by atoms with van der Waals surface area (Å²) in [6.07, 6.45) is 0. The number of ether oxygens (including phenoxy) is 1. The predicted molar refractivity (Wildman–Crippen MR) is 64.5 cm³/mol. The van der Waals surface area contributed by atoms with Gasteiger partial charge in [0, 0.05) is 6.54 Å². The number of hydrogen-bond acceptors (Lipinski definition) is 2. The summed E-state index contributed by atoms with van der Waals surface area (Å²) in [5, 5.41) is 3.16. The topological polar surface area (TPSA) is 21.3 Å². The van der Waals surface area contributed by atoms with Crippen LogP contribution in [0.4, 0.5) is 0 Å². The van der Waals surface area contributed by atoms with Crippen molar-refractivity contribution in [1.82, 2.24) is 5.32 Å². The molecule has 1 aromatic rings. The second-order valence-corrected chi connectivity index (χ2v) is 4.81. The van der Waals surface area contributed by atoms with Gasteiger partial charge >= 0.3 is 0 Å². The molecular weight excluding hydrogens is 186 g/mol. The molecular formula is C13H21NO. The molecule has 0 amide bonds. The smallest absolute Gasteiger partial charge is 0.122 e. The average molecular weight is 207 g/mol. The molecule has 0 spiro atoms. The normalized spacial score (nSPS) is 11.5. The Morgan fingerprint density at radius 3 is 2.40 bits per heavy atom. The molecule has 0 saturated heterocycles. The molecule has 15 heavy (non-hydrogen) atoms. The van der Waals surface area contributed by atoms with Crippen LogP contribution in [-0.2, 0) is 12.0 Å². The van der Waals surface area contributed by atoms with Crippen molar-refractivity contribution in [3.63, 3.8) is 0 Å². The molecule has 1 aromatic carbocycles. The third kappa shape index (κ3) is 2.96. The van der Waals surface area contributed by atoms with Crippen LogP contribution in [0.1, 0.15) is 31.9 Å². The Hall–Kier alpha value is -1.02. The van der Waals surface area contributed by atoms with Crippen LogP contribution in [0.2, 0.25) is 0 Å². The van der Waals surface area contributed by atoms with Crippen LogP contribution in [0.25, 0.3) is 0 Å². The molecule has 2 heteroatoms. The standard InChI is InChI=1S/C13H21NO/c1-13(2,3)11-8-10(9-14-4)6-7-12(11)15-5/h6-8,14H,9H2,1-5H3. The van der Waals surface area contributed by atoms with E-state index in [4.69, 9.17) is 4.74 Å². The highest BCUT2D eigenvalue weighted by Crippen LogP contribution is 2.31. The van der Waals surface area contributed by atoms with E-state index in [2.05, 4.69) is 38.2 Å². The molecule has 0 aliphatic carbocycles. The molecule has 0 aliphatic rings. The Morgan fingerprint density at radius 1 is 1.27 bits per heavy atom. The highest BCUT2D eigenvalue weighted by Gasteiger charge is 2.18. The summed E-state index contributed by atoms with van der Waals surface area (Å²) in [6.45, 7) is 7.50. The minimum Gasteiger partial charge on any atom is -0.496 e. The minimum absolute atomic E-state index is 0.120. The minimum atomic E-state index is 0.120. The lowest BCUT2D eigenvalue weighted by Gasteiger charge is -2.22. The van der Waals surface area contributed by atoms with E-state index < -0.39 is 0 Å². The highest BCUT2D eigenvalue weighted by atomic mass is 16.5. The fourth-order valence-corrected chi connectivity index (χ4v) is 1.66. The van der Waals surface area contributed by atoms with Crippen molar-refractivity contribution < 1.29 is 4.74 Å². The summed E-state index contributed by atoms with van der Waals surface area (Å²) < 4.78 is 5.38. The van der Waals surface area contributed by atoms with Crippen LogP contribution >= 0.6 is 0 Å². The number of rotatable bonds is 3. The summed E-state index contributed by atoms with van der Waals surface area (Å²) in [4.78, 5) is 0. The molecule has 0 unspecified atom stereocenters. The van der Waals surface area contributed by atoms with Crippen molar-refractivity contribution in [3.8, 4) is 5.75 Å². The number of nitrogens with one attached hydrogen (secondary N) is 1. The first-order valence-corrected chi connectivity index (χ1v) is 5.31. The van der Waals surface area contributed by atoms with Crippen LogP contribution in [0, 0.1) is 0 Å². The van der Waals surface area contributed by atoms with Crippen molar-refractivity contribution in [2.24, 2.45) is 0 Å². The molecule has 0 aromatic heterocycles. The fraction of sp³-hybridized carbons (Fsp3) is 0.538. The van der Waals surface area contributed by atoms with Crippen molar-refractivity contribution >= 4 is 0 Å². The molecule has 2 nitrogen and oxygen atoms in total. The molecule has 0 aliphatic heterocycles. The van der Waals surface area contributed by atoms with Gasteiger partial charge in [0.15, 0.2) is 0 Å². The van der Waals surface area contributed by atoms with Crippen LogP contribution in [-0.4, -0.2) is 14.2 Å². The van der Waals surface area contributed by atoms with Gasteiger partial charge in [-0.2, -0.15) is 0 Å². The molecule has 0 fully saturated rings. The first kappa shape index (κ1) is 12.1. The second-order valence-electron chi connectivity index (χ2n) is 4.81. The number of methoxy groups -OCH3 is 1. The van der Waals surface area contributed by atoms with E-state index in [1.807, 2.05) is 13.1 Å². The fourth-order valence-electron chi connectivity index (χ4n) is 1.66. The lowest BCUT2D eigenvalue weighted by molar-refractivity contribution is 0.397. The van der Waals surface area contributed by atoms with E-state index in [1.54, 1.807) is 7.11 Å². The van der Waals surface area contributed by atoms with E-state index in [0.717, 1.165) is 12.3 Å². The monoisotopic (exact) mass is 207 g/mol. The Bertz CT molecular complexity index is 326. The van der Waals surface area contributed by atoms with Gasteiger partial charge in [-0.05, 0) is 29.7 Å². The quantitative estimate of drug-likeness (QED) is 0.823. The van der Waals surface area contributed by atoms with Crippen molar-refractivity contribution in [3.05, 3.63) is 29.3 Å². The summed E-state index contributed by atoms with van der Waals surface area (Å²) in [5.41, 5.74) is 2.68. The van der Waals surface area contributed by atoms with Gasteiger partial charge in [-0.1, -0.05) is 32.9 Å². The van der Waals surface area contributed by atoms with Gasteiger partial charge in [-0.15, -0.1) is 0 Å². The number of hydrogen-bond donors (Lipinski definition) is 1. The van der Waals surface area contributed by atoms with Gasteiger partial charge in [0.25, 0.3) is 0 Å². The molecule has 0 bridgehead atoms. The van der Waals surface area contributed by atoms with Gasteiger partial charge < -0.3 is 10.1 Å². The maximum Gasteiger partial charge on any atom is 0.122 e. The molecule has 84 valence electrons. The summed E-state index contributed by atoms with van der Waals surface area (Å²) >= 11 is 0. The lowest BCUT2D eigenvalue weighted by Crippen LogP contribution is -2.14. The van der Waals surface area contributed by atoms with Gasteiger partial charge in [-0.25, -0.2) is 0 Å². The first-order chi connectivity index (χ1) is 6.99. The Labute approximate surface area is 92.6 Å². The molecule has 0 radical (unpaired) electrons. The van der Waals surface area contributed by atoms with Crippen molar-refractivity contribution in [2.75, 3.05) is 14.2 Å². The summed E-state index contributed by atoms with van der Waals surface area (Å²) in [6, 6.07) is 6.37. The molecule has 0 saturated carbocycles. The van der Waals surface area contributed by atoms with Crippen LogP contribution in [0.5, 0.6) is 5.75 Å². The van der Waals surface area contributed by atoms with E-state index >= 15 is 0 Å². The Balaban J connectivity index is 3.13. The van der Waals surface area contributed by atoms with Gasteiger partial charge in [0.05, 0.1) is 7.11 Å². The second kappa shape index (κ2) is 4.67. The number of benzene rings is 1. The zero-order valence-electron chi connectivity index (χ0n) is 10.3.